The molecule has 162 valence electrons. The smallest absolute Gasteiger partial charge is 0.262 e. The molecule has 0 fully saturated rings. The topological polar surface area (TPSA) is 75.3 Å². The predicted molar refractivity (Wildman–Crippen MR) is 129 cm³/mol. The largest absolute Gasteiger partial charge is 0.321 e. The van der Waals surface area contributed by atoms with Crippen LogP contribution in [0.5, 0.6) is 0 Å². The van der Waals surface area contributed by atoms with Crippen molar-refractivity contribution in [2.24, 2.45) is 0 Å². The molecule has 0 aliphatic heterocycles. The summed E-state index contributed by atoms with van der Waals surface area (Å²) in [6.45, 7) is 7.51. The van der Waals surface area contributed by atoms with Crippen molar-refractivity contribution >= 4 is 39.1 Å². The number of hydrogen-bond acceptors (Lipinski definition) is 4. The standard InChI is InChI=1S/C24H26N2O3S2/c1-5-30-22-9-7-6-8-20(22)25-24(27)19-13-12-18(4)23(15-19)31(28,29)26-21-14-16(2)10-11-17(21)3/h6-15,26H,5H2,1-4H3,(H,25,27). The number of benzene rings is 3. The van der Waals surface area contributed by atoms with Crippen LogP contribution in [0, 0.1) is 20.8 Å². The Balaban J connectivity index is 1.91. The highest BCUT2D eigenvalue weighted by atomic mass is 32.2. The Morgan fingerprint density at radius 3 is 2.35 bits per heavy atom. The Labute approximate surface area is 188 Å². The van der Waals surface area contributed by atoms with Crippen LogP contribution in [0.15, 0.2) is 70.5 Å². The summed E-state index contributed by atoms with van der Waals surface area (Å²) < 4.78 is 28.9. The molecule has 3 aromatic carbocycles. The number of amides is 1. The lowest BCUT2D eigenvalue weighted by molar-refractivity contribution is 0.102. The molecule has 0 radical (unpaired) electrons. The molecule has 0 bridgehead atoms. The van der Waals surface area contributed by atoms with Crippen LogP contribution in [0.25, 0.3) is 0 Å². The number of aryl methyl sites for hydroxylation is 3. The van der Waals surface area contributed by atoms with Crippen LogP contribution >= 0.6 is 11.8 Å². The quantitative estimate of drug-likeness (QED) is 0.444. The second-order valence-electron chi connectivity index (χ2n) is 7.29. The molecule has 31 heavy (non-hydrogen) atoms. The van der Waals surface area contributed by atoms with Gasteiger partial charge in [-0.3, -0.25) is 9.52 Å². The van der Waals surface area contributed by atoms with E-state index < -0.39 is 10.0 Å². The van der Waals surface area contributed by atoms with E-state index >= 15 is 0 Å². The molecule has 0 spiro atoms. The van der Waals surface area contributed by atoms with E-state index in [4.69, 9.17) is 0 Å². The summed E-state index contributed by atoms with van der Waals surface area (Å²) >= 11 is 1.63. The molecule has 0 heterocycles. The molecule has 0 aromatic heterocycles. The third-order valence-electron chi connectivity index (χ3n) is 4.81. The molecule has 0 saturated carbocycles. The van der Waals surface area contributed by atoms with Gasteiger partial charge in [0.1, 0.15) is 0 Å². The third-order valence-corrected chi connectivity index (χ3v) is 7.28. The Morgan fingerprint density at radius 2 is 1.61 bits per heavy atom. The van der Waals surface area contributed by atoms with Gasteiger partial charge in [-0.2, -0.15) is 0 Å². The monoisotopic (exact) mass is 454 g/mol. The minimum absolute atomic E-state index is 0.0808. The molecule has 0 unspecified atom stereocenters. The number of rotatable bonds is 7. The number of para-hydroxylation sites is 1. The first kappa shape index (κ1) is 22.9. The van der Waals surface area contributed by atoms with Gasteiger partial charge < -0.3 is 5.32 Å². The summed E-state index contributed by atoms with van der Waals surface area (Å²) in [4.78, 5) is 13.9. The number of anilines is 2. The van der Waals surface area contributed by atoms with Gasteiger partial charge in [0, 0.05) is 10.5 Å². The summed E-state index contributed by atoms with van der Waals surface area (Å²) in [6, 6.07) is 17.9. The maximum atomic E-state index is 13.1. The summed E-state index contributed by atoms with van der Waals surface area (Å²) in [5.41, 5.74) is 3.86. The van der Waals surface area contributed by atoms with Gasteiger partial charge in [0.25, 0.3) is 15.9 Å². The molecule has 1 amide bonds. The number of thioether (sulfide) groups is 1. The van der Waals surface area contributed by atoms with E-state index in [9.17, 15) is 13.2 Å². The first-order chi connectivity index (χ1) is 14.7. The third kappa shape index (κ3) is 5.48. The van der Waals surface area contributed by atoms with Crippen LogP contribution in [0.1, 0.15) is 34.0 Å². The van der Waals surface area contributed by atoms with Crippen LogP contribution in [-0.2, 0) is 10.0 Å². The molecular weight excluding hydrogens is 428 g/mol. The van der Waals surface area contributed by atoms with Crippen molar-refractivity contribution in [3.63, 3.8) is 0 Å². The van der Waals surface area contributed by atoms with Gasteiger partial charge in [-0.15, -0.1) is 11.8 Å². The van der Waals surface area contributed by atoms with Gasteiger partial charge in [0.2, 0.25) is 0 Å². The van der Waals surface area contributed by atoms with Crippen molar-refractivity contribution < 1.29 is 13.2 Å². The van der Waals surface area contributed by atoms with Crippen molar-refractivity contribution in [2.45, 2.75) is 37.5 Å². The van der Waals surface area contributed by atoms with Crippen molar-refractivity contribution in [3.8, 4) is 0 Å². The fraction of sp³-hybridized carbons (Fsp3) is 0.208. The molecule has 2 N–H and O–H groups in total. The molecule has 0 saturated heterocycles. The normalized spacial score (nSPS) is 11.2. The highest BCUT2D eigenvalue weighted by Gasteiger charge is 2.20. The van der Waals surface area contributed by atoms with Gasteiger partial charge in [-0.1, -0.05) is 37.3 Å². The first-order valence-electron chi connectivity index (χ1n) is 9.95. The van der Waals surface area contributed by atoms with E-state index in [2.05, 4.69) is 10.0 Å². The number of nitrogens with one attached hydrogen (secondary N) is 2. The van der Waals surface area contributed by atoms with Crippen molar-refractivity contribution in [1.29, 1.82) is 0 Å². The summed E-state index contributed by atoms with van der Waals surface area (Å²) in [5.74, 6) is 0.525. The second-order valence-corrected chi connectivity index (χ2v) is 10.2. The Kier molecular flexibility index (Phi) is 7.08. The summed E-state index contributed by atoms with van der Waals surface area (Å²) in [5, 5.41) is 2.90. The van der Waals surface area contributed by atoms with Crippen molar-refractivity contribution in [2.75, 3.05) is 15.8 Å². The lowest BCUT2D eigenvalue weighted by Crippen LogP contribution is -2.18. The maximum Gasteiger partial charge on any atom is 0.262 e. The average molecular weight is 455 g/mol. The zero-order chi connectivity index (χ0) is 22.6. The number of sulfonamides is 1. The summed E-state index contributed by atoms with van der Waals surface area (Å²) in [7, 11) is -3.86. The number of carbonyl (C=O) groups excluding carboxylic acids is 1. The van der Waals surface area contributed by atoms with Crippen LogP contribution in [0.2, 0.25) is 0 Å². The van der Waals surface area contributed by atoms with Crippen LogP contribution in [0.3, 0.4) is 0 Å². The van der Waals surface area contributed by atoms with Crippen LogP contribution in [-0.4, -0.2) is 20.1 Å². The average Bonchev–Trinajstić information content (AvgIpc) is 2.72. The maximum absolute atomic E-state index is 13.1. The molecule has 3 rings (SSSR count). The zero-order valence-corrected chi connectivity index (χ0v) is 19.7. The Morgan fingerprint density at radius 1 is 0.903 bits per heavy atom. The van der Waals surface area contributed by atoms with Crippen LogP contribution in [0.4, 0.5) is 11.4 Å². The minimum atomic E-state index is -3.86. The molecule has 0 aliphatic carbocycles. The van der Waals surface area contributed by atoms with E-state index in [1.807, 2.05) is 57.2 Å². The second kappa shape index (κ2) is 9.58. The molecule has 0 aliphatic rings. The van der Waals surface area contributed by atoms with E-state index in [1.165, 1.54) is 6.07 Å². The van der Waals surface area contributed by atoms with Gasteiger partial charge >= 0.3 is 0 Å². The van der Waals surface area contributed by atoms with Crippen LogP contribution < -0.4 is 10.0 Å². The predicted octanol–water partition coefficient (Wildman–Crippen LogP) is 5.78. The molecule has 3 aromatic rings. The molecule has 7 heteroatoms. The lowest BCUT2D eigenvalue weighted by atomic mass is 10.1. The fourth-order valence-corrected chi connectivity index (χ4v) is 5.28. The van der Waals surface area contributed by atoms with Crippen molar-refractivity contribution in [1.82, 2.24) is 0 Å². The van der Waals surface area contributed by atoms with Gasteiger partial charge in [-0.05, 0) is 73.5 Å². The molecule has 0 atom stereocenters. The molecule has 5 nitrogen and oxygen atoms in total. The molecular formula is C24H26N2O3S2. The van der Waals surface area contributed by atoms with Gasteiger partial charge in [0.15, 0.2) is 0 Å². The summed E-state index contributed by atoms with van der Waals surface area (Å²) in [6.07, 6.45) is 0. The van der Waals surface area contributed by atoms with E-state index in [-0.39, 0.29) is 16.4 Å². The van der Waals surface area contributed by atoms with E-state index in [0.717, 1.165) is 21.8 Å². The van der Waals surface area contributed by atoms with E-state index in [1.54, 1.807) is 36.9 Å². The van der Waals surface area contributed by atoms with Gasteiger partial charge in [0.05, 0.1) is 16.3 Å². The van der Waals surface area contributed by atoms with Gasteiger partial charge in [-0.25, -0.2) is 8.42 Å². The first-order valence-corrected chi connectivity index (χ1v) is 12.4. The van der Waals surface area contributed by atoms with Crippen molar-refractivity contribution in [3.05, 3.63) is 82.9 Å². The SMILES string of the molecule is CCSc1ccccc1NC(=O)c1ccc(C)c(S(=O)(=O)Nc2cc(C)ccc2C)c1. The highest BCUT2D eigenvalue weighted by Crippen LogP contribution is 2.28. The number of carbonyl (C=O) groups is 1. The highest BCUT2D eigenvalue weighted by molar-refractivity contribution is 7.99. The van der Waals surface area contributed by atoms with E-state index in [0.29, 0.717) is 16.9 Å². The minimum Gasteiger partial charge on any atom is -0.321 e. The Hall–Kier alpha value is -2.77. The zero-order valence-electron chi connectivity index (χ0n) is 18.0. The number of hydrogen-bond donors (Lipinski definition) is 2. The fourth-order valence-electron chi connectivity index (χ4n) is 3.12. The Bertz CT molecular complexity index is 1220. The lowest BCUT2D eigenvalue weighted by Gasteiger charge is -2.15.